The summed E-state index contributed by atoms with van der Waals surface area (Å²) in [6.45, 7) is 0. The molecule has 0 spiro atoms. The van der Waals surface area contributed by atoms with Crippen LogP contribution in [0.2, 0.25) is 0 Å². The first-order chi connectivity index (χ1) is 12.9. The Hall–Kier alpha value is -3.03. The molecular weight excluding hydrogens is 353 g/mol. The summed E-state index contributed by atoms with van der Waals surface area (Å²) in [6, 6.07) is 7.68. The third-order valence-corrected chi connectivity index (χ3v) is 4.74. The van der Waals surface area contributed by atoms with Gasteiger partial charge in [0.25, 0.3) is 11.5 Å². The molecule has 27 heavy (non-hydrogen) atoms. The van der Waals surface area contributed by atoms with Crippen molar-refractivity contribution in [3.63, 3.8) is 0 Å². The predicted molar refractivity (Wildman–Crippen MR) is 95.1 cm³/mol. The van der Waals surface area contributed by atoms with E-state index in [-0.39, 0.29) is 5.69 Å². The summed E-state index contributed by atoms with van der Waals surface area (Å²) in [4.78, 5) is 37.1. The number of halogens is 1. The van der Waals surface area contributed by atoms with Gasteiger partial charge in [0.1, 0.15) is 17.1 Å². The largest absolute Gasteiger partial charge is 0.467 e. The highest BCUT2D eigenvalue weighted by Crippen LogP contribution is 2.29. The Labute approximate surface area is 155 Å². The lowest BCUT2D eigenvalue weighted by Crippen LogP contribution is -2.56. The molecule has 1 heterocycles. The van der Waals surface area contributed by atoms with Crippen molar-refractivity contribution in [2.24, 2.45) is 0 Å². The van der Waals surface area contributed by atoms with Crippen LogP contribution in [-0.4, -0.2) is 34.3 Å². The van der Waals surface area contributed by atoms with Crippen molar-refractivity contribution in [1.82, 2.24) is 15.1 Å². The van der Waals surface area contributed by atoms with Gasteiger partial charge in [-0.3, -0.25) is 9.59 Å². The molecule has 0 atom stereocenters. The molecule has 1 aromatic heterocycles. The molecule has 0 saturated heterocycles. The second-order valence-electron chi connectivity index (χ2n) is 6.53. The van der Waals surface area contributed by atoms with E-state index in [0.717, 1.165) is 23.9 Å². The fraction of sp³-hybridized carbons (Fsp3) is 0.368. The summed E-state index contributed by atoms with van der Waals surface area (Å²) in [5.41, 5.74) is -1.23. The van der Waals surface area contributed by atoms with Gasteiger partial charge in [0.2, 0.25) is 0 Å². The molecule has 0 unspecified atom stereocenters. The highest BCUT2D eigenvalue weighted by atomic mass is 19.1. The van der Waals surface area contributed by atoms with Crippen LogP contribution in [0.25, 0.3) is 5.69 Å². The van der Waals surface area contributed by atoms with Crippen molar-refractivity contribution in [1.29, 1.82) is 0 Å². The molecule has 0 bridgehead atoms. The molecule has 1 N–H and O–H groups in total. The van der Waals surface area contributed by atoms with Crippen molar-refractivity contribution in [3.05, 3.63) is 58.3 Å². The summed E-state index contributed by atoms with van der Waals surface area (Å²) in [5.74, 6) is -1.50. The van der Waals surface area contributed by atoms with Gasteiger partial charge in [0.15, 0.2) is 0 Å². The first-order valence-electron chi connectivity index (χ1n) is 8.72. The Bertz CT molecular complexity index is 902. The first-order valence-corrected chi connectivity index (χ1v) is 8.72. The summed E-state index contributed by atoms with van der Waals surface area (Å²) >= 11 is 0. The second-order valence-corrected chi connectivity index (χ2v) is 6.53. The molecule has 0 radical (unpaired) electrons. The van der Waals surface area contributed by atoms with Gasteiger partial charge in [-0.1, -0.05) is 19.3 Å². The molecule has 8 heteroatoms. The number of esters is 1. The molecule has 142 valence electrons. The topological polar surface area (TPSA) is 90.3 Å². The van der Waals surface area contributed by atoms with E-state index in [4.69, 9.17) is 4.74 Å². The van der Waals surface area contributed by atoms with Gasteiger partial charge in [-0.25, -0.2) is 9.18 Å². The first kappa shape index (κ1) is 18.8. The van der Waals surface area contributed by atoms with E-state index in [9.17, 15) is 18.8 Å². The number of rotatable bonds is 4. The van der Waals surface area contributed by atoms with Crippen LogP contribution in [-0.2, 0) is 9.53 Å². The van der Waals surface area contributed by atoms with E-state index in [0.29, 0.717) is 18.5 Å². The van der Waals surface area contributed by atoms with E-state index in [1.54, 1.807) is 0 Å². The third-order valence-electron chi connectivity index (χ3n) is 4.74. The average Bonchev–Trinajstić information content (AvgIpc) is 2.69. The van der Waals surface area contributed by atoms with Gasteiger partial charge in [-0.15, -0.1) is 0 Å². The maximum Gasteiger partial charge on any atom is 0.331 e. The van der Waals surface area contributed by atoms with Gasteiger partial charge >= 0.3 is 5.97 Å². The van der Waals surface area contributed by atoms with E-state index in [1.165, 1.54) is 43.5 Å². The fourth-order valence-electron chi connectivity index (χ4n) is 3.31. The SMILES string of the molecule is COC(=O)C1(NC(=O)c2ccc(=O)n(-c3ccc(F)cc3)n2)CCCCC1. The quantitative estimate of drug-likeness (QED) is 0.828. The minimum absolute atomic E-state index is 0.0206. The monoisotopic (exact) mass is 373 g/mol. The summed E-state index contributed by atoms with van der Waals surface area (Å²) in [7, 11) is 1.29. The molecule has 0 aliphatic heterocycles. The van der Waals surface area contributed by atoms with Crippen LogP contribution in [0.15, 0.2) is 41.2 Å². The zero-order valence-electron chi connectivity index (χ0n) is 14.9. The van der Waals surface area contributed by atoms with Gasteiger partial charge in [-0.2, -0.15) is 9.78 Å². The number of benzene rings is 1. The van der Waals surface area contributed by atoms with E-state index in [1.807, 2.05) is 0 Å². The Morgan fingerprint density at radius 3 is 2.41 bits per heavy atom. The van der Waals surface area contributed by atoms with E-state index < -0.39 is 28.8 Å². The third kappa shape index (κ3) is 3.89. The van der Waals surface area contributed by atoms with Crippen LogP contribution in [0.4, 0.5) is 4.39 Å². The van der Waals surface area contributed by atoms with Gasteiger partial charge in [0.05, 0.1) is 12.8 Å². The average molecular weight is 373 g/mol. The standard InChI is InChI=1S/C19H20FN3O4/c1-27-18(26)19(11-3-2-4-12-19)21-17(25)15-9-10-16(24)23(22-15)14-7-5-13(20)6-8-14/h5-10H,2-4,11-12H2,1H3,(H,21,25). The van der Waals surface area contributed by atoms with Crippen LogP contribution in [0.5, 0.6) is 0 Å². The second kappa shape index (κ2) is 7.69. The maximum absolute atomic E-state index is 13.1. The highest BCUT2D eigenvalue weighted by molar-refractivity contribution is 5.96. The lowest BCUT2D eigenvalue weighted by Gasteiger charge is -2.35. The van der Waals surface area contributed by atoms with Crippen LogP contribution < -0.4 is 10.9 Å². The normalized spacial score (nSPS) is 15.8. The number of carbonyl (C=O) groups excluding carboxylic acids is 2. The van der Waals surface area contributed by atoms with Crippen molar-refractivity contribution < 1.29 is 18.7 Å². The van der Waals surface area contributed by atoms with E-state index in [2.05, 4.69) is 10.4 Å². The zero-order chi connectivity index (χ0) is 19.4. The lowest BCUT2D eigenvalue weighted by molar-refractivity contribution is -0.149. The highest BCUT2D eigenvalue weighted by Gasteiger charge is 2.42. The fourth-order valence-corrected chi connectivity index (χ4v) is 3.31. The molecule has 1 saturated carbocycles. The number of aromatic nitrogens is 2. The maximum atomic E-state index is 13.1. The molecule has 3 rings (SSSR count). The smallest absolute Gasteiger partial charge is 0.331 e. The Morgan fingerprint density at radius 1 is 1.11 bits per heavy atom. The Kier molecular flexibility index (Phi) is 5.34. The number of amides is 1. The number of carbonyl (C=O) groups is 2. The summed E-state index contributed by atoms with van der Waals surface area (Å²) in [6.07, 6.45) is 3.57. The number of nitrogens with one attached hydrogen (secondary N) is 1. The molecule has 2 aromatic rings. The Balaban J connectivity index is 1.90. The summed E-state index contributed by atoms with van der Waals surface area (Å²) < 4.78 is 19.0. The van der Waals surface area contributed by atoms with Crippen LogP contribution in [0.1, 0.15) is 42.6 Å². The van der Waals surface area contributed by atoms with Crippen molar-refractivity contribution in [2.45, 2.75) is 37.6 Å². The van der Waals surface area contributed by atoms with E-state index >= 15 is 0 Å². The zero-order valence-corrected chi connectivity index (χ0v) is 14.9. The number of hydrogen-bond acceptors (Lipinski definition) is 5. The van der Waals surface area contributed by atoms with Gasteiger partial charge < -0.3 is 10.1 Å². The van der Waals surface area contributed by atoms with Crippen LogP contribution in [0, 0.1) is 5.82 Å². The molecule has 1 fully saturated rings. The Morgan fingerprint density at radius 2 is 1.78 bits per heavy atom. The molecule has 1 amide bonds. The number of methoxy groups -OCH3 is 1. The van der Waals surface area contributed by atoms with Crippen molar-refractivity contribution in [2.75, 3.05) is 7.11 Å². The molecule has 7 nitrogen and oxygen atoms in total. The predicted octanol–water partition coefficient (Wildman–Crippen LogP) is 1.98. The molecule has 1 aromatic carbocycles. The minimum atomic E-state index is -1.08. The van der Waals surface area contributed by atoms with Gasteiger partial charge in [0, 0.05) is 6.07 Å². The van der Waals surface area contributed by atoms with Crippen LogP contribution >= 0.6 is 0 Å². The molecular formula is C19H20FN3O4. The molecule has 1 aliphatic carbocycles. The minimum Gasteiger partial charge on any atom is -0.467 e. The molecule has 1 aliphatic rings. The number of hydrogen-bond donors (Lipinski definition) is 1. The van der Waals surface area contributed by atoms with Crippen molar-refractivity contribution >= 4 is 11.9 Å². The van der Waals surface area contributed by atoms with Crippen LogP contribution in [0.3, 0.4) is 0 Å². The summed E-state index contributed by atoms with van der Waals surface area (Å²) in [5, 5.41) is 6.83. The van der Waals surface area contributed by atoms with Gasteiger partial charge in [-0.05, 0) is 43.2 Å². The lowest BCUT2D eigenvalue weighted by atomic mass is 9.81. The number of ether oxygens (including phenoxy) is 1. The number of nitrogens with zero attached hydrogens (tertiary/aromatic N) is 2. The van der Waals surface area contributed by atoms with Crippen molar-refractivity contribution in [3.8, 4) is 5.69 Å².